The summed E-state index contributed by atoms with van der Waals surface area (Å²) in [5.41, 5.74) is 2.28. The Labute approximate surface area is 188 Å². The first kappa shape index (κ1) is 20.8. The normalized spacial score (nSPS) is 13.8. The molecular weight excluding hydrogens is 427 g/mol. The highest BCUT2D eigenvalue weighted by Gasteiger charge is 2.20. The molecule has 1 fully saturated rings. The fourth-order valence-corrected chi connectivity index (χ4v) is 3.71. The number of nitrogens with one attached hydrogen (secondary N) is 1. The van der Waals surface area contributed by atoms with E-state index in [2.05, 4.69) is 25.3 Å². The maximum Gasteiger partial charge on any atom is 0.277 e. The molecular formula is C23H21FN6O3. The Morgan fingerprint density at radius 1 is 1.15 bits per heavy atom. The number of aromatic nitrogens is 4. The Morgan fingerprint density at radius 3 is 2.76 bits per heavy atom. The number of halogens is 1. The fourth-order valence-electron chi connectivity index (χ4n) is 3.71. The maximum atomic E-state index is 15.0. The van der Waals surface area contributed by atoms with E-state index in [1.54, 1.807) is 42.9 Å². The minimum atomic E-state index is -0.484. The lowest BCUT2D eigenvalue weighted by atomic mass is 10.0. The monoisotopic (exact) mass is 448 g/mol. The number of amides is 1. The molecule has 1 aromatic carbocycles. The quantitative estimate of drug-likeness (QED) is 0.502. The zero-order chi connectivity index (χ0) is 22.8. The molecule has 168 valence electrons. The van der Waals surface area contributed by atoms with Crippen molar-refractivity contribution in [2.45, 2.75) is 0 Å². The van der Waals surface area contributed by atoms with E-state index in [9.17, 15) is 9.18 Å². The van der Waals surface area contributed by atoms with E-state index in [4.69, 9.17) is 9.47 Å². The summed E-state index contributed by atoms with van der Waals surface area (Å²) < 4.78 is 27.1. The van der Waals surface area contributed by atoms with Gasteiger partial charge < -0.3 is 19.7 Å². The highest BCUT2D eigenvalue weighted by molar-refractivity contribution is 6.05. The van der Waals surface area contributed by atoms with Crippen molar-refractivity contribution in [3.05, 3.63) is 66.5 Å². The number of pyridine rings is 1. The molecule has 10 heteroatoms. The van der Waals surface area contributed by atoms with Crippen LogP contribution in [-0.2, 0) is 4.74 Å². The van der Waals surface area contributed by atoms with Crippen LogP contribution in [0.3, 0.4) is 0 Å². The Hall–Kier alpha value is -4.05. The maximum absolute atomic E-state index is 15.0. The molecule has 0 atom stereocenters. The van der Waals surface area contributed by atoms with E-state index in [0.29, 0.717) is 48.8 Å². The lowest BCUT2D eigenvalue weighted by molar-refractivity contribution is 0.102. The first-order valence-electron chi connectivity index (χ1n) is 10.4. The number of hydrogen-bond acceptors (Lipinski definition) is 7. The van der Waals surface area contributed by atoms with Gasteiger partial charge in [0.25, 0.3) is 5.91 Å². The van der Waals surface area contributed by atoms with Crippen molar-refractivity contribution in [2.24, 2.45) is 0 Å². The summed E-state index contributed by atoms with van der Waals surface area (Å²) >= 11 is 0. The van der Waals surface area contributed by atoms with Crippen LogP contribution in [0.15, 0.2) is 55.0 Å². The number of morpholine rings is 1. The first-order chi connectivity index (χ1) is 16.1. The number of benzene rings is 1. The molecule has 0 saturated carbocycles. The lowest BCUT2D eigenvalue weighted by Crippen LogP contribution is -2.36. The van der Waals surface area contributed by atoms with E-state index in [1.807, 2.05) is 6.07 Å². The van der Waals surface area contributed by atoms with Gasteiger partial charge in [0.1, 0.15) is 17.4 Å². The summed E-state index contributed by atoms with van der Waals surface area (Å²) in [6.07, 6.45) is 4.99. The van der Waals surface area contributed by atoms with Crippen LogP contribution in [0.1, 0.15) is 10.5 Å². The number of carbonyl (C=O) groups is 1. The number of carbonyl (C=O) groups excluding carboxylic acids is 1. The van der Waals surface area contributed by atoms with Crippen LogP contribution < -0.4 is 15.0 Å². The van der Waals surface area contributed by atoms with Gasteiger partial charge in [-0.05, 0) is 24.3 Å². The van der Waals surface area contributed by atoms with Gasteiger partial charge in [0.2, 0.25) is 0 Å². The third-order valence-corrected chi connectivity index (χ3v) is 5.42. The van der Waals surface area contributed by atoms with Crippen molar-refractivity contribution in [2.75, 3.05) is 43.6 Å². The Bertz CT molecular complexity index is 1290. The molecule has 4 heterocycles. The van der Waals surface area contributed by atoms with Gasteiger partial charge in [-0.3, -0.25) is 4.79 Å². The van der Waals surface area contributed by atoms with Gasteiger partial charge in [0, 0.05) is 48.7 Å². The lowest BCUT2D eigenvalue weighted by Gasteiger charge is -2.29. The SMILES string of the molecule is COc1ccc(-c2cc(N3CCOCC3)cnc2NC(=O)c2cc3ncccn3n2)c(F)c1. The standard InChI is InChI=1S/C23H21FN6O3/c1-32-16-3-4-17(19(24)12-16)18-11-15(29-7-9-33-10-8-29)14-26-22(18)27-23(31)20-13-21-25-5-2-6-30(21)28-20/h2-6,11-14H,7-10H2,1H3,(H,26,27,31). The van der Waals surface area contributed by atoms with Crippen molar-refractivity contribution in [3.63, 3.8) is 0 Å². The van der Waals surface area contributed by atoms with E-state index in [-0.39, 0.29) is 11.5 Å². The molecule has 0 spiro atoms. The van der Waals surface area contributed by atoms with Crippen molar-refractivity contribution < 1.29 is 18.7 Å². The number of ether oxygens (including phenoxy) is 2. The second kappa shape index (κ2) is 8.83. The summed E-state index contributed by atoms with van der Waals surface area (Å²) in [4.78, 5) is 23.7. The fraction of sp³-hybridized carbons (Fsp3) is 0.217. The van der Waals surface area contributed by atoms with Crippen molar-refractivity contribution >= 4 is 23.1 Å². The highest BCUT2D eigenvalue weighted by atomic mass is 19.1. The zero-order valence-corrected chi connectivity index (χ0v) is 17.9. The van der Waals surface area contributed by atoms with Gasteiger partial charge in [-0.15, -0.1) is 0 Å². The predicted molar refractivity (Wildman–Crippen MR) is 120 cm³/mol. The van der Waals surface area contributed by atoms with Gasteiger partial charge in [-0.1, -0.05) is 0 Å². The molecule has 0 aliphatic carbocycles. The largest absolute Gasteiger partial charge is 0.497 e. The van der Waals surface area contributed by atoms with Crippen LogP contribution in [-0.4, -0.2) is 58.9 Å². The van der Waals surface area contributed by atoms with Crippen LogP contribution in [0.25, 0.3) is 16.8 Å². The average Bonchev–Trinajstić information content (AvgIpc) is 3.29. The van der Waals surface area contributed by atoms with Gasteiger partial charge in [-0.25, -0.2) is 18.9 Å². The second-order valence-electron chi connectivity index (χ2n) is 7.44. The van der Waals surface area contributed by atoms with Crippen molar-refractivity contribution in [3.8, 4) is 16.9 Å². The van der Waals surface area contributed by atoms with Gasteiger partial charge in [0.05, 0.1) is 32.2 Å². The molecule has 1 aliphatic rings. The molecule has 1 aliphatic heterocycles. The van der Waals surface area contributed by atoms with E-state index in [1.165, 1.54) is 17.7 Å². The number of rotatable bonds is 5. The number of anilines is 2. The zero-order valence-electron chi connectivity index (χ0n) is 17.9. The molecule has 3 aromatic heterocycles. The molecule has 1 saturated heterocycles. The van der Waals surface area contributed by atoms with Crippen molar-refractivity contribution in [1.82, 2.24) is 19.6 Å². The summed E-state index contributed by atoms with van der Waals surface area (Å²) in [6, 6.07) is 9.70. The molecule has 33 heavy (non-hydrogen) atoms. The number of hydrogen-bond donors (Lipinski definition) is 1. The third kappa shape index (κ3) is 4.20. The first-order valence-corrected chi connectivity index (χ1v) is 10.4. The summed E-state index contributed by atoms with van der Waals surface area (Å²) in [6.45, 7) is 2.61. The number of methoxy groups -OCH3 is 1. The smallest absolute Gasteiger partial charge is 0.277 e. The van der Waals surface area contributed by atoms with E-state index in [0.717, 1.165) is 5.69 Å². The van der Waals surface area contributed by atoms with Crippen molar-refractivity contribution in [1.29, 1.82) is 0 Å². The number of nitrogens with zero attached hydrogens (tertiary/aromatic N) is 5. The predicted octanol–water partition coefficient (Wildman–Crippen LogP) is 3.03. The molecule has 0 bridgehead atoms. The van der Waals surface area contributed by atoms with E-state index >= 15 is 0 Å². The molecule has 1 N–H and O–H groups in total. The van der Waals surface area contributed by atoms with E-state index < -0.39 is 11.7 Å². The van der Waals surface area contributed by atoms with Gasteiger partial charge >= 0.3 is 0 Å². The number of fused-ring (bicyclic) bond motifs is 1. The van der Waals surface area contributed by atoms with Crippen LogP contribution in [0.5, 0.6) is 5.75 Å². The Balaban J connectivity index is 1.53. The van der Waals surface area contributed by atoms with Gasteiger partial charge in [-0.2, -0.15) is 5.10 Å². The third-order valence-electron chi connectivity index (χ3n) is 5.42. The molecule has 0 unspecified atom stereocenters. The topological polar surface area (TPSA) is 93.9 Å². The Morgan fingerprint density at radius 2 is 2.00 bits per heavy atom. The Kier molecular flexibility index (Phi) is 5.57. The molecule has 5 rings (SSSR count). The van der Waals surface area contributed by atoms with Gasteiger partial charge in [0.15, 0.2) is 11.3 Å². The van der Waals surface area contributed by atoms with Crippen LogP contribution >= 0.6 is 0 Å². The van der Waals surface area contributed by atoms with Crippen LogP contribution in [0.2, 0.25) is 0 Å². The van der Waals surface area contributed by atoms with Crippen LogP contribution in [0, 0.1) is 5.82 Å². The summed E-state index contributed by atoms with van der Waals surface area (Å²) in [5.74, 6) is -0.326. The minimum absolute atomic E-state index is 0.175. The molecule has 0 radical (unpaired) electrons. The second-order valence-corrected chi connectivity index (χ2v) is 7.44. The molecule has 1 amide bonds. The minimum Gasteiger partial charge on any atom is -0.497 e. The average molecular weight is 448 g/mol. The summed E-state index contributed by atoms with van der Waals surface area (Å²) in [7, 11) is 1.48. The molecule has 9 nitrogen and oxygen atoms in total. The molecule has 4 aromatic rings. The highest BCUT2D eigenvalue weighted by Crippen LogP contribution is 2.34. The van der Waals surface area contributed by atoms with Crippen LogP contribution in [0.4, 0.5) is 15.9 Å². The summed E-state index contributed by atoms with van der Waals surface area (Å²) in [5, 5.41) is 7.02.